The van der Waals surface area contributed by atoms with Gasteiger partial charge in [0.1, 0.15) is 0 Å². The van der Waals surface area contributed by atoms with Crippen LogP contribution in [0.5, 0.6) is 0 Å². The summed E-state index contributed by atoms with van der Waals surface area (Å²) in [6, 6.07) is 0. The van der Waals surface area contributed by atoms with Crippen LogP contribution in [-0.2, 0) is 13.6 Å². The van der Waals surface area contributed by atoms with Crippen molar-refractivity contribution < 1.29 is 102 Å². The third-order valence-electron chi connectivity index (χ3n) is 6.82. The van der Waals surface area contributed by atoms with E-state index < -0.39 is 16.0 Å². The van der Waals surface area contributed by atoms with Gasteiger partial charge in [-0.15, -0.1) is 0 Å². The summed E-state index contributed by atoms with van der Waals surface area (Å²) >= 11 is 0. The van der Waals surface area contributed by atoms with Crippen molar-refractivity contribution in [3.8, 4) is 0 Å². The first-order valence-corrected chi connectivity index (χ1v) is 17.6. The first-order chi connectivity index (χ1) is 17.4. The largest absolute Gasteiger partial charge is 1.00 e. The molecule has 0 rings (SSSR count). The van der Waals surface area contributed by atoms with E-state index in [1.165, 1.54) is 103 Å². The molecule has 0 aliphatic carbocycles. The summed E-state index contributed by atoms with van der Waals surface area (Å²) < 4.78 is 20.3. The summed E-state index contributed by atoms with van der Waals surface area (Å²) in [5.74, 6) is 0. The number of nitrogens with zero attached hydrogens (tertiary/aromatic N) is 1. The standard InChI is InChI=1S/C26H57NO8P2.2Na/c1-27(2,23-19-15-11-7-3-5-9-13-17-21-25-34-36(28,29)30)24-20-16-12-8-4-6-10-14-18-22-26-35-37(31,32)33;;/h3-26H2,1-2H3,(H3-,28,29,30,31,32,33);;/q;2*+1/p-1. The van der Waals surface area contributed by atoms with E-state index in [0.717, 1.165) is 30.2 Å². The molecule has 0 amide bonds. The summed E-state index contributed by atoms with van der Waals surface area (Å²) in [4.78, 5) is 48.4. The van der Waals surface area contributed by atoms with Gasteiger partial charge < -0.3 is 28.6 Å². The molecular weight excluding hydrogens is 562 g/mol. The van der Waals surface area contributed by atoms with Crippen molar-refractivity contribution in [2.45, 2.75) is 128 Å². The van der Waals surface area contributed by atoms with E-state index >= 15 is 0 Å². The minimum absolute atomic E-state index is 0. The Balaban J connectivity index is -0.00000648. The molecule has 0 aliphatic heterocycles. The molecule has 0 aromatic carbocycles. The van der Waals surface area contributed by atoms with E-state index in [0.29, 0.717) is 12.8 Å². The van der Waals surface area contributed by atoms with E-state index in [4.69, 9.17) is 9.79 Å². The van der Waals surface area contributed by atoms with Gasteiger partial charge in [0, 0.05) is 0 Å². The number of hydrogen-bond donors (Lipinski definition) is 2. The predicted octanol–water partition coefficient (Wildman–Crippen LogP) is -1.24. The quantitative estimate of drug-likeness (QED) is 0.0480. The van der Waals surface area contributed by atoms with Gasteiger partial charge in [0.05, 0.1) is 40.4 Å². The van der Waals surface area contributed by atoms with Gasteiger partial charge in [0.2, 0.25) is 0 Å². The van der Waals surface area contributed by atoms with E-state index in [2.05, 4.69) is 23.1 Å². The molecule has 13 heteroatoms. The number of hydrogen-bond acceptors (Lipinski definition) is 7. The van der Waals surface area contributed by atoms with Gasteiger partial charge >= 0.3 is 59.1 Å². The average molecular weight is 619 g/mol. The maximum atomic E-state index is 10.5. The van der Waals surface area contributed by atoms with Crippen LogP contribution < -0.4 is 73.8 Å². The summed E-state index contributed by atoms with van der Waals surface area (Å²) in [6.45, 7) is 2.67. The second-order valence-electron chi connectivity index (χ2n) is 11.1. The van der Waals surface area contributed by atoms with Crippen LogP contribution in [0, 0.1) is 0 Å². The second kappa shape index (κ2) is 29.1. The predicted molar refractivity (Wildman–Crippen MR) is 145 cm³/mol. The number of unbranched alkanes of at least 4 members (excludes halogenated alkanes) is 18. The third-order valence-corrected chi connectivity index (χ3v) is 7.84. The molecule has 1 atom stereocenters. The van der Waals surface area contributed by atoms with Gasteiger partial charge in [0.25, 0.3) is 7.82 Å². The van der Waals surface area contributed by atoms with Gasteiger partial charge in [0.15, 0.2) is 8.17 Å². The molecule has 0 saturated carbocycles. The van der Waals surface area contributed by atoms with Crippen LogP contribution in [0.3, 0.4) is 0 Å². The number of rotatable bonds is 28. The van der Waals surface area contributed by atoms with Crippen molar-refractivity contribution >= 4 is 16.0 Å². The molecular formula is C26H56NNa2O8P2+. The van der Waals surface area contributed by atoms with Crippen LogP contribution in [0.25, 0.3) is 0 Å². The van der Waals surface area contributed by atoms with Crippen LogP contribution in [0.15, 0.2) is 0 Å². The van der Waals surface area contributed by atoms with Crippen molar-refractivity contribution in [2.75, 3.05) is 40.4 Å². The molecule has 0 heterocycles. The van der Waals surface area contributed by atoms with Gasteiger partial charge in [-0.05, 0) is 38.5 Å². The average Bonchev–Trinajstić information content (AvgIpc) is 2.78. The Bertz CT molecular complexity index is 567. The minimum atomic E-state index is -4.55. The molecule has 0 saturated heterocycles. The van der Waals surface area contributed by atoms with Crippen LogP contribution in [0.4, 0.5) is 0 Å². The van der Waals surface area contributed by atoms with Crippen LogP contribution in [0.2, 0.25) is 0 Å². The number of quaternary nitrogens is 1. The van der Waals surface area contributed by atoms with E-state index in [9.17, 15) is 19.2 Å². The minimum Gasteiger partial charge on any atom is -0.756 e. The Morgan fingerprint density at radius 3 is 1.21 bits per heavy atom. The number of phosphoric ester groups is 2. The maximum absolute atomic E-state index is 10.5. The molecule has 0 radical (unpaired) electrons. The molecule has 9 nitrogen and oxygen atoms in total. The third kappa shape index (κ3) is 40.3. The summed E-state index contributed by atoms with van der Waals surface area (Å²) in [5, 5.41) is 0. The SMILES string of the molecule is C[N+](C)(CCCCCCCCCCCCOP(=O)([O-])O)CCCCCCCCCCCCO[P+]([O-])([O-])O.[Na+].[Na+]. The Morgan fingerprint density at radius 2 is 0.897 bits per heavy atom. The molecule has 39 heavy (non-hydrogen) atoms. The molecule has 0 aromatic rings. The van der Waals surface area contributed by atoms with Gasteiger partial charge in [-0.3, -0.25) is 4.57 Å². The zero-order valence-corrected chi connectivity index (χ0v) is 31.4. The van der Waals surface area contributed by atoms with E-state index in [1.54, 1.807) is 0 Å². The van der Waals surface area contributed by atoms with Crippen molar-refractivity contribution in [3.63, 3.8) is 0 Å². The van der Waals surface area contributed by atoms with Crippen LogP contribution >= 0.6 is 16.0 Å². The maximum Gasteiger partial charge on any atom is 1.00 e. The van der Waals surface area contributed by atoms with Crippen molar-refractivity contribution in [3.05, 3.63) is 0 Å². The van der Waals surface area contributed by atoms with Gasteiger partial charge in [-0.1, -0.05) is 89.9 Å². The zero-order valence-electron chi connectivity index (χ0n) is 25.7. The molecule has 224 valence electrons. The van der Waals surface area contributed by atoms with Gasteiger partial charge in [-0.25, -0.2) is 9.42 Å². The Labute approximate surface area is 284 Å². The van der Waals surface area contributed by atoms with Crippen LogP contribution in [0.1, 0.15) is 128 Å². The summed E-state index contributed by atoms with van der Waals surface area (Å²) in [7, 11) is -4.39. The van der Waals surface area contributed by atoms with Crippen molar-refractivity contribution in [2.24, 2.45) is 0 Å². The molecule has 0 spiro atoms. The van der Waals surface area contributed by atoms with Crippen molar-refractivity contribution in [1.82, 2.24) is 0 Å². The Hall–Kier alpha value is 2.34. The topological polar surface area (TPSA) is 145 Å². The number of phosphoric acid groups is 2. The molecule has 0 aliphatic rings. The fraction of sp³-hybridized carbons (Fsp3) is 1.00. The monoisotopic (exact) mass is 618 g/mol. The smallest absolute Gasteiger partial charge is 0.756 e. The second-order valence-corrected chi connectivity index (χ2v) is 13.4. The summed E-state index contributed by atoms with van der Waals surface area (Å²) in [6.07, 6.45) is 23.2. The summed E-state index contributed by atoms with van der Waals surface area (Å²) in [5.41, 5.74) is 0. The molecule has 0 bridgehead atoms. The van der Waals surface area contributed by atoms with Gasteiger partial charge in [-0.2, -0.15) is 0 Å². The fourth-order valence-electron chi connectivity index (χ4n) is 4.58. The zero-order chi connectivity index (χ0) is 27.9. The van der Waals surface area contributed by atoms with E-state index in [1.807, 2.05) is 0 Å². The molecule has 1 unspecified atom stereocenters. The first-order valence-electron chi connectivity index (χ1n) is 14.6. The molecule has 2 N–H and O–H groups in total. The Morgan fingerprint density at radius 1 is 0.615 bits per heavy atom. The van der Waals surface area contributed by atoms with Crippen molar-refractivity contribution in [1.29, 1.82) is 0 Å². The molecule has 0 fully saturated rings. The fourth-order valence-corrected chi connectivity index (χ4v) is 5.30. The first kappa shape index (κ1) is 45.8. The van der Waals surface area contributed by atoms with E-state index in [-0.39, 0.29) is 72.3 Å². The van der Waals surface area contributed by atoms with Crippen LogP contribution in [-0.4, -0.2) is 54.7 Å². The normalized spacial score (nSPS) is 13.5. The Kier molecular flexibility index (Phi) is 34.1. The molecule has 0 aromatic heterocycles.